The standard InChI is InChI=1S/C17H17NO3/c19-16-8-2-1-5-9-18(16)15-11-13-7-4-3-6-12(13)10-14(15)17(20)21/h3-4,6-7,10-11H,1-2,5,8-9H2,(H,20,21). The normalized spacial score (nSPS) is 16.0. The second-order valence-corrected chi connectivity index (χ2v) is 5.38. The molecule has 0 radical (unpaired) electrons. The predicted molar refractivity (Wildman–Crippen MR) is 81.7 cm³/mol. The van der Waals surface area contributed by atoms with Gasteiger partial charge >= 0.3 is 5.97 Å². The molecule has 1 aliphatic rings. The SMILES string of the molecule is O=C(O)c1cc2ccccc2cc1N1CCCCCC1=O. The van der Waals surface area contributed by atoms with Crippen molar-refractivity contribution in [2.75, 3.05) is 11.4 Å². The number of anilines is 1. The Balaban J connectivity index is 2.16. The van der Waals surface area contributed by atoms with Gasteiger partial charge in [0.05, 0.1) is 11.3 Å². The third-order valence-corrected chi connectivity index (χ3v) is 3.96. The van der Waals surface area contributed by atoms with Crippen LogP contribution in [-0.2, 0) is 4.79 Å². The van der Waals surface area contributed by atoms with Crippen molar-refractivity contribution in [1.29, 1.82) is 0 Å². The van der Waals surface area contributed by atoms with Gasteiger partial charge in [0.15, 0.2) is 0 Å². The minimum Gasteiger partial charge on any atom is -0.478 e. The van der Waals surface area contributed by atoms with E-state index in [-0.39, 0.29) is 11.5 Å². The minimum atomic E-state index is -0.993. The monoisotopic (exact) mass is 283 g/mol. The molecule has 21 heavy (non-hydrogen) atoms. The number of fused-ring (bicyclic) bond motifs is 1. The molecule has 1 amide bonds. The van der Waals surface area contributed by atoms with Crippen LogP contribution in [0.5, 0.6) is 0 Å². The average Bonchev–Trinajstić information content (AvgIpc) is 2.70. The lowest BCUT2D eigenvalue weighted by molar-refractivity contribution is -0.118. The Labute approximate surface area is 123 Å². The highest BCUT2D eigenvalue weighted by molar-refractivity contribution is 6.06. The number of amides is 1. The first-order chi connectivity index (χ1) is 10.2. The fourth-order valence-corrected chi connectivity index (χ4v) is 2.86. The number of aromatic carboxylic acids is 1. The summed E-state index contributed by atoms with van der Waals surface area (Å²) >= 11 is 0. The fraction of sp³-hybridized carbons (Fsp3) is 0.294. The van der Waals surface area contributed by atoms with E-state index in [2.05, 4.69) is 0 Å². The first-order valence-corrected chi connectivity index (χ1v) is 7.23. The lowest BCUT2D eigenvalue weighted by atomic mass is 10.0. The fourth-order valence-electron chi connectivity index (χ4n) is 2.86. The molecule has 108 valence electrons. The first kappa shape index (κ1) is 13.6. The molecule has 3 rings (SSSR count). The maximum Gasteiger partial charge on any atom is 0.337 e. The van der Waals surface area contributed by atoms with Gasteiger partial charge in [-0.05, 0) is 35.7 Å². The first-order valence-electron chi connectivity index (χ1n) is 7.23. The Hall–Kier alpha value is -2.36. The number of hydrogen-bond donors (Lipinski definition) is 1. The van der Waals surface area contributed by atoms with Crippen molar-refractivity contribution in [3.63, 3.8) is 0 Å². The van der Waals surface area contributed by atoms with Gasteiger partial charge < -0.3 is 10.0 Å². The number of hydrogen-bond acceptors (Lipinski definition) is 2. The molecule has 0 aliphatic carbocycles. The zero-order valence-electron chi connectivity index (χ0n) is 11.7. The summed E-state index contributed by atoms with van der Waals surface area (Å²) in [5.41, 5.74) is 0.719. The molecule has 1 heterocycles. The van der Waals surface area contributed by atoms with Crippen LogP contribution < -0.4 is 4.90 Å². The van der Waals surface area contributed by atoms with Gasteiger partial charge in [0.2, 0.25) is 5.91 Å². The van der Waals surface area contributed by atoms with Crippen molar-refractivity contribution in [1.82, 2.24) is 0 Å². The van der Waals surface area contributed by atoms with E-state index in [1.54, 1.807) is 11.0 Å². The highest BCUT2D eigenvalue weighted by Crippen LogP contribution is 2.29. The van der Waals surface area contributed by atoms with E-state index in [9.17, 15) is 14.7 Å². The van der Waals surface area contributed by atoms with Crippen LogP contribution in [0.4, 0.5) is 5.69 Å². The molecule has 1 aliphatic heterocycles. The summed E-state index contributed by atoms with van der Waals surface area (Å²) in [5.74, 6) is -0.974. The number of rotatable bonds is 2. The second-order valence-electron chi connectivity index (χ2n) is 5.38. The van der Waals surface area contributed by atoms with Crippen LogP contribution in [0.1, 0.15) is 36.0 Å². The van der Waals surface area contributed by atoms with Crippen molar-refractivity contribution >= 4 is 28.3 Å². The summed E-state index contributed by atoms with van der Waals surface area (Å²) in [4.78, 5) is 25.5. The smallest absolute Gasteiger partial charge is 0.337 e. The van der Waals surface area contributed by atoms with E-state index in [4.69, 9.17) is 0 Å². The highest BCUT2D eigenvalue weighted by Gasteiger charge is 2.23. The molecule has 0 aromatic heterocycles. The molecule has 4 nitrogen and oxygen atoms in total. The molecule has 1 saturated heterocycles. The Morgan fingerprint density at radius 3 is 2.48 bits per heavy atom. The topological polar surface area (TPSA) is 57.6 Å². The Bertz CT molecular complexity index is 708. The maximum atomic E-state index is 12.3. The van der Waals surface area contributed by atoms with Gasteiger partial charge in [0, 0.05) is 13.0 Å². The van der Waals surface area contributed by atoms with Gasteiger partial charge in [-0.2, -0.15) is 0 Å². The largest absolute Gasteiger partial charge is 0.478 e. The zero-order valence-corrected chi connectivity index (χ0v) is 11.7. The summed E-state index contributed by atoms with van der Waals surface area (Å²) in [6.45, 7) is 0.595. The summed E-state index contributed by atoms with van der Waals surface area (Å²) < 4.78 is 0. The van der Waals surface area contributed by atoms with Crippen molar-refractivity contribution in [3.05, 3.63) is 42.0 Å². The van der Waals surface area contributed by atoms with E-state index in [1.807, 2.05) is 30.3 Å². The molecule has 1 fully saturated rings. The molecule has 0 spiro atoms. The van der Waals surface area contributed by atoms with Crippen LogP contribution >= 0.6 is 0 Å². The lowest BCUT2D eigenvalue weighted by Gasteiger charge is -2.23. The van der Waals surface area contributed by atoms with Crippen molar-refractivity contribution in [2.45, 2.75) is 25.7 Å². The van der Waals surface area contributed by atoms with Crippen molar-refractivity contribution in [2.24, 2.45) is 0 Å². The molecule has 0 saturated carbocycles. The van der Waals surface area contributed by atoms with E-state index in [0.29, 0.717) is 18.7 Å². The predicted octanol–water partition coefficient (Wildman–Crippen LogP) is 3.45. The molecule has 2 aromatic rings. The Morgan fingerprint density at radius 2 is 1.76 bits per heavy atom. The van der Waals surface area contributed by atoms with Crippen molar-refractivity contribution in [3.8, 4) is 0 Å². The van der Waals surface area contributed by atoms with Crippen LogP contribution in [-0.4, -0.2) is 23.5 Å². The number of carbonyl (C=O) groups excluding carboxylic acids is 1. The van der Waals surface area contributed by atoms with Crippen LogP contribution in [0.15, 0.2) is 36.4 Å². The number of carboxylic acid groups (broad SMARTS) is 1. The third-order valence-electron chi connectivity index (χ3n) is 3.96. The third kappa shape index (κ3) is 2.61. The molecular formula is C17H17NO3. The highest BCUT2D eigenvalue weighted by atomic mass is 16.4. The number of carbonyl (C=O) groups is 2. The summed E-state index contributed by atoms with van der Waals surface area (Å²) in [5, 5.41) is 11.3. The number of nitrogens with zero attached hydrogens (tertiary/aromatic N) is 1. The average molecular weight is 283 g/mol. The van der Waals surface area contributed by atoms with Crippen LogP contribution in [0.25, 0.3) is 10.8 Å². The van der Waals surface area contributed by atoms with E-state index >= 15 is 0 Å². The van der Waals surface area contributed by atoms with Crippen molar-refractivity contribution < 1.29 is 14.7 Å². The second kappa shape index (κ2) is 5.56. The van der Waals surface area contributed by atoms with Crippen LogP contribution in [0.3, 0.4) is 0 Å². The van der Waals surface area contributed by atoms with Gasteiger partial charge in [0.25, 0.3) is 0 Å². The molecule has 4 heteroatoms. The minimum absolute atomic E-state index is 0.0188. The summed E-state index contributed by atoms with van der Waals surface area (Å²) in [6, 6.07) is 11.1. The van der Waals surface area contributed by atoms with Gasteiger partial charge in [-0.1, -0.05) is 30.7 Å². The summed E-state index contributed by atoms with van der Waals surface area (Å²) in [6.07, 6.45) is 3.30. The van der Waals surface area contributed by atoms with Gasteiger partial charge in [0.1, 0.15) is 0 Å². The molecule has 0 unspecified atom stereocenters. The van der Waals surface area contributed by atoms with E-state index in [1.165, 1.54) is 0 Å². The number of carboxylic acids is 1. The van der Waals surface area contributed by atoms with Gasteiger partial charge in [-0.25, -0.2) is 4.79 Å². The summed E-state index contributed by atoms with van der Waals surface area (Å²) in [7, 11) is 0. The van der Waals surface area contributed by atoms with E-state index < -0.39 is 5.97 Å². The maximum absolute atomic E-state index is 12.3. The Morgan fingerprint density at radius 1 is 1.05 bits per heavy atom. The molecule has 1 N–H and O–H groups in total. The quantitative estimate of drug-likeness (QED) is 0.918. The molecular weight excluding hydrogens is 266 g/mol. The number of benzene rings is 2. The lowest BCUT2D eigenvalue weighted by Crippen LogP contribution is -2.31. The Kier molecular flexibility index (Phi) is 3.60. The molecule has 0 bridgehead atoms. The van der Waals surface area contributed by atoms with Crippen LogP contribution in [0.2, 0.25) is 0 Å². The zero-order chi connectivity index (χ0) is 14.8. The van der Waals surface area contributed by atoms with E-state index in [0.717, 1.165) is 30.0 Å². The van der Waals surface area contributed by atoms with Crippen LogP contribution in [0, 0.1) is 0 Å². The molecule has 2 aromatic carbocycles. The molecule has 0 atom stereocenters. The van der Waals surface area contributed by atoms with Gasteiger partial charge in [-0.15, -0.1) is 0 Å². The van der Waals surface area contributed by atoms with Gasteiger partial charge in [-0.3, -0.25) is 4.79 Å².